The van der Waals surface area contributed by atoms with Crippen LogP contribution in [0.5, 0.6) is 5.75 Å². The van der Waals surface area contributed by atoms with E-state index in [0.717, 1.165) is 17.5 Å². The third-order valence-corrected chi connectivity index (χ3v) is 5.60. The monoisotopic (exact) mass is 420 g/mol. The van der Waals surface area contributed by atoms with E-state index in [9.17, 15) is 9.59 Å². The van der Waals surface area contributed by atoms with Crippen LogP contribution in [0.15, 0.2) is 61.2 Å². The quantitative estimate of drug-likeness (QED) is 0.649. The molecule has 5 heteroatoms. The van der Waals surface area contributed by atoms with Gasteiger partial charge in [0.25, 0.3) is 5.91 Å². The standard InChI is InChI=1S/C26H32N2O3/c1-5-15-27-25(29)23(6-2)31-21-13-12-19-14-16-28(26(30)18(3)4)24(22(19)17-21)20-10-8-7-9-11-20/h5,7-13,17-18,23-24H,1,6,14-16H2,2-4H3,(H,27,29)/t23-,24-/m1/s1. The van der Waals surface area contributed by atoms with Gasteiger partial charge in [-0.15, -0.1) is 6.58 Å². The van der Waals surface area contributed by atoms with Crippen LogP contribution in [-0.4, -0.2) is 35.9 Å². The minimum absolute atomic E-state index is 0.0785. The van der Waals surface area contributed by atoms with Gasteiger partial charge in [0.15, 0.2) is 6.10 Å². The van der Waals surface area contributed by atoms with E-state index >= 15 is 0 Å². The Morgan fingerprint density at radius 3 is 2.61 bits per heavy atom. The van der Waals surface area contributed by atoms with Crippen molar-refractivity contribution < 1.29 is 14.3 Å². The van der Waals surface area contributed by atoms with Crippen molar-refractivity contribution in [1.82, 2.24) is 10.2 Å². The Labute approximate surface area is 185 Å². The molecule has 1 aliphatic rings. The van der Waals surface area contributed by atoms with Crippen LogP contribution in [-0.2, 0) is 16.0 Å². The van der Waals surface area contributed by atoms with Crippen LogP contribution in [0.25, 0.3) is 0 Å². The van der Waals surface area contributed by atoms with E-state index < -0.39 is 6.10 Å². The molecule has 5 nitrogen and oxygen atoms in total. The highest BCUT2D eigenvalue weighted by Crippen LogP contribution is 2.38. The molecule has 0 saturated carbocycles. The number of rotatable bonds is 8. The van der Waals surface area contributed by atoms with Crippen molar-refractivity contribution in [3.63, 3.8) is 0 Å². The zero-order valence-electron chi connectivity index (χ0n) is 18.6. The number of benzene rings is 2. The summed E-state index contributed by atoms with van der Waals surface area (Å²) in [4.78, 5) is 27.4. The number of ether oxygens (including phenoxy) is 1. The Bertz CT molecular complexity index is 924. The molecule has 2 amide bonds. The first-order chi connectivity index (χ1) is 15.0. The molecule has 0 aromatic heterocycles. The molecule has 0 spiro atoms. The van der Waals surface area contributed by atoms with Crippen LogP contribution in [0.3, 0.4) is 0 Å². The summed E-state index contributed by atoms with van der Waals surface area (Å²) in [6, 6.07) is 15.9. The molecule has 3 rings (SSSR count). The number of nitrogens with one attached hydrogen (secondary N) is 1. The molecule has 0 bridgehead atoms. The van der Waals surface area contributed by atoms with E-state index in [2.05, 4.69) is 30.1 Å². The van der Waals surface area contributed by atoms with Crippen molar-refractivity contribution in [3.8, 4) is 5.75 Å². The van der Waals surface area contributed by atoms with Gasteiger partial charge >= 0.3 is 0 Å². The summed E-state index contributed by atoms with van der Waals surface area (Å²) < 4.78 is 6.07. The molecule has 2 atom stereocenters. The predicted molar refractivity (Wildman–Crippen MR) is 123 cm³/mol. The first-order valence-electron chi connectivity index (χ1n) is 11.0. The van der Waals surface area contributed by atoms with Gasteiger partial charge in [-0.25, -0.2) is 0 Å². The molecule has 1 N–H and O–H groups in total. The first kappa shape index (κ1) is 22.6. The van der Waals surface area contributed by atoms with Gasteiger partial charge in [-0.2, -0.15) is 0 Å². The maximum atomic E-state index is 13.0. The first-order valence-corrected chi connectivity index (χ1v) is 11.0. The van der Waals surface area contributed by atoms with E-state index in [4.69, 9.17) is 4.74 Å². The van der Waals surface area contributed by atoms with Gasteiger partial charge in [0.2, 0.25) is 5.91 Å². The summed E-state index contributed by atoms with van der Waals surface area (Å²) in [5, 5.41) is 2.80. The number of fused-ring (bicyclic) bond motifs is 1. The summed E-state index contributed by atoms with van der Waals surface area (Å²) in [6.45, 7) is 10.5. The number of nitrogens with zero attached hydrogens (tertiary/aromatic N) is 1. The molecular formula is C26H32N2O3. The highest BCUT2D eigenvalue weighted by Gasteiger charge is 2.33. The molecule has 0 unspecified atom stereocenters. The maximum absolute atomic E-state index is 13.0. The van der Waals surface area contributed by atoms with Crippen molar-refractivity contribution >= 4 is 11.8 Å². The van der Waals surface area contributed by atoms with E-state index in [1.54, 1.807) is 6.08 Å². The van der Waals surface area contributed by atoms with Crippen LogP contribution < -0.4 is 10.1 Å². The number of amides is 2. The van der Waals surface area contributed by atoms with Crippen molar-refractivity contribution in [2.24, 2.45) is 5.92 Å². The van der Waals surface area contributed by atoms with E-state index in [0.29, 0.717) is 25.3 Å². The van der Waals surface area contributed by atoms with Gasteiger partial charge in [-0.1, -0.05) is 63.2 Å². The highest BCUT2D eigenvalue weighted by atomic mass is 16.5. The van der Waals surface area contributed by atoms with Crippen molar-refractivity contribution in [2.75, 3.05) is 13.1 Å². The summed E-state index contributed by atoms with van der Waals surface area (Å²) in [5.41, 5.74) is 3.34. The van der Waals surface area contributed by atoms with Crippen LogP contribution in [0.2, 0.25) is 0 Å². The summed E-state index contributed by atoms with van der Waals surface area (Å²) >= 11 is 0. The Morgan fingerprint density at radius 1 is 1.23 bits per heavy atom. The Hall–Kier alpha value is -3.08. The van der Waals surface area contributed by atoms with Crippen LogP contribution >= 0.6 is 0 Å². The van der Waals surface area contributed by atoms with Crippen molar-refractivity contribution in [1.29, 1.82) is 0 Å². The average molecular weight is 421 g/mol. The van der Waals surface area contributed by atoms with Crippen LogP contribution in [0, 0.1) is 5.92 Å². The molecule has 0 aliphatic carbocycles. The fourth-order valence-corrected chi connectivity index (χ4v) is 4.00. The minimum atomic E-state index is -0.579. The van der Waals surface area contributed by atoms with Gasteiger partial charge < -0.3 is 15.0 Å². The van der Waals surface area contributed by atoms with Gasteiger partial charge in [-0.05, 0) is 41.7 Å². The van der Waals surface area contributed by atoms with E-state index in [1.807, 2.05) is 56.0 Å². The molecule has 2 aromatic carbocycles. The molecule has 0 fully saturated rings. The molecular weight excluding hydrogens is 388 g/mol. The Morgan fingerprint density at radius 2 is 1.97 bits per heavy atom. The Balaban J connectivity index is 1.96. The van der Waals surface area contributed by atoms with Gasteiger partial charge in [-0.3, -0.25) is 9.59 Å². The largest absolute Gasteiger partial charge is 0.481 e. The number of hydrogen-bond acceptors (Lipinski definition) is 3. The third-order valence-electron chi connectivity index (χ3n) is 5.60. The zero-order chi connectivity index (χ0) is 22.4. The number of carbonyl (C=O) groups is 2. The minimum Gasteiger partial charge on any atom is -0.481 e. The lowest BCUT2D eigenvalue weighted by Crippen LogP contribution is -2.42. The van der Waals surface area contributed by atoms with E-state index in [1.165, 1.54) is 5.56 Å². The predicted octanol–water partition coefficient (Wildman–Crippen LogP) is 4.28. The molecule has 1 aliphatic heterocycles. The summed E-state index contributed by atoms with van der Waals surface area (Å²) in [5.74, 6) is 0.543. The Kier molecular flexibility index (Phi) is 7.50. The molecule has 2 aromatic rings. The molecule has 164 valence electrons. The fraction of sp³-hybridized carbons (Fsp3) is 0.385. The van der Waals surface area contributed by atoms with E-state index in [-0.39, 0.29) is 23.8 Å². The lowest BCUT2D eigenvalue weighted by Gasteiger charge is -2.39. The molecule has 1 heterocycles. The number of hydrogen-bond donors (Lipinski definition) is 1. The second kappa shape index (κ2) is 10.3. The van der Waals surface area contributed by atoms with Crippen molar-refractivity contribution in [2.45, 2.75) is 45.8 Å². The number of carbonyl (C=O) groups excluding carboxylic acids is 2. The lowest BCUT2D eigenvalue weighted by molar-refractivity contribution is -0.136. The summed E-state index contributed by atoms with van der Waals surface area (Å²) in [7, 11) is 0. The van der Waals surface area contributed by atoms with Crippen molar-refractivity contribution in [3.05, 3.63) is 77.9 Å². The second-order valence-electron chi connectivity index (χ2n) is 8.16. The van der Waals surface area contributed by atoms with Crippen LogP contribution in [0.1, 0.15) is 49.9 Å². The van der Waals surface area contributed by atoms with Gasteiger partial charge in [0.05, 0.1) is 6.04 Å². The topological polar surface area (TPSA) is 58.6 Å². The van der Waals surface area contributed by atoms with Gasteiger partial charge in [0.1, 0.15) is 5.75 Å². The van der Waals surface area contributed by atoms with Gasteiger partial charge in [0, 0.05) is 19.0 Å². The molecule has 31 heavy (non-hydrogen) atoms. The summed E-state index contributed by atoms with van der Waals surface area (Å²) in [6.07, 6.45) is 2.42. The zero-order valence-corrected chi connectivity index (χ0v) is 18.6. The molecule has 0 saturated heterocycles. The fourth-order valence-electron chi connectivity index (χ4n) is 4.00. The third kappa shape index (κ3) is 5.16. The highest BCUT2D eigenvalue weighted by molar-refractivity contribution is 5.81. The SMILES string of the molecule is C=CCNC(=O)[C@@H](CC)Oc1ccc2c(c1)[C@@H](c1ccccc1)N(C(=O)C(C)C)CC2. The van der Waals surface area contributed by atoms with Crippen LogP contribution in [0.4, 0.5) is 0 Å². The lowest BCUT2D eigenvalue weighted by atomic mass is 9.87. The smallest absolute Gasteiger partial charge is 0.261 e. The average Bonchev–Trinajstić information content (AvgIpc) is 2.80. The second-order valence-corrected chi connectivity index (χ2v) is 8.16. The molecule has 0 radical (unpaired) electrons. The normalized spacial score (nSPS) is 16.4. The maximum Gasteiger partial charge on any atom is 0.261 e.